The van der Waals surface area contributed by atoms with Crippen molar-refractivity contribution in [2.75, 3.05) is 19.6 Å². The maximum absolute atomic E-state index is 13.4. The Morgan fingerprint density at radius 1 is 1.44 bits per heavy atom. The first-order valence-electron chi connectivity index (χ1n) is 6.54. The zero-order valence-corrected chi connectivity index (χ0v) is 11.3. The number of halogens is 2. The van der Waals surface area contributed by atoms with Crippen LogP contribution in [0.5, 0.6) is 0 Å². The quantitative estimate of drug-likeness (QED) is 0.887. The molecule has 2 aliphatic rings. The monoisotopic (exact) mass is 268 g/mol. The Kier molecular flexibility index (Phi) is 3.31. The van der Waals surface area contributed by atoms with E-state index in [2.05, 4.69) is 17.1 Å². The maximum Gasteiger partial charge on any atom is 0.142 e. The molecule has 2 fully saturated rings. The standard InChI is InChI=1S/C14H18ClFN2/c1-9-12-6-17-5-11(12)8-18(9)7-10-3-2-4-13(16)14(10)15/h2-4,9,11-12,17H,5-8H2,1H3. The van der Waals surface area contributed by atoms with E-state index in [1.807, 2.05) is 6.07 Å². The Morgan fingerprint density at radius 2 is 2.28 bits per heavy atom. The van der Waals surface area contributed by atoms with E-state index in [4.69, 9.17) is 11.6 Å². The molecule has 0 aliphatic carbocycles. The van der Waals surface area contributed by atoms with Crippen LogP contribution in [0.25, 0.3) is 0 Å². The van der Waals surface area contributed by atoms with Gasteiger partial charge in [0.25, 0.3) is 0 Å². The number of hydrogen-bond donors (Lipinski definition) is 1. The lowest BCUT2D eigenvalue weighted by molar-refractivity contribution is 0.231. The van der Waals surface area contributed by atoms with Crippen molar-refractivity contribution < 1.29 is 4.39 Å². The Balaban J connectivity index is 1.75. The summed E-state index contributed by atoms with van der Waals surface area (Å²) >= 11 is 6.03. The number of fused-ring (bicyclic) bond motifs is 1. The smallest absolute Gasteiger partial charge is 0.142 e. The van der Waals surface area contributed by atoms with E-state index < -0.39 is 0 Å². The van der Waals surface area contributed by atoms with Crippen LogP contribution >= 0.6 is 11.6 Å². The van der Waals surface area contributed by atoms with E-state index in [0.717, 1.165) is 43.6 Å². The van der Waals surface area contributed by atoms with Gasteiger partial charge in [0.2, 0.25) is 0 Å². The molecule has 0 bridgehead atoms. The van der Waals surface area contributed by atoms with Crippen LogP contribution in [-0.4, -0.2) is 30.6 Å². The third-order valence-corrected chi connectivity index (χ3v) is 4.88. The summed E-state index contributed by atoms with van der Waals surface area (Å²) in [5.41, 5.74) is 0.899. The number of nitrogens with zero attached hydrogens (tertiary/aromatic N) is 1. The maximum atomic E-state index is 13.4. The highest BCUT2D eigenvalue weighted by Gasteiger charge is 2.41. The molecule has 4 heteroatoms. The topological polar surface area (TPSA) is 15.3 Å². The van der Waals surface area contributed by atoms with Crippen LogP contribution in [0.4, 0.5) is 4.39 Å². The van der Waals surface area contributed by atoms with Gasteiger partial charge in [0.05, 0.1) is 5.02 Å². The molecule has 98 valence electrons. The van der Waals surface area contributed by atoms with Gasteiger partial charge in [-0.3, -0.25) is 4.90 Å². The third-order valence-electron chi connectivity index (χ3n) is 4.46. The number of hydrogen-bond acceptors (Lipinski definition) is 2. The largest absolute Gasteiger partial charge is 0.316 e. The minimum atomic E-state index is -0.317. The van der Waals surface area contributed by atoms with Gasteiger partial charge in [0.1, 0.15) is 5.82 Å². The van der Waals surface area contributed by atoms with Gasteiger partial charge in [0, 0.05) is 19.1 Å². The van der Waals surface area contributed by atoms with Gasteiger partial charge in [-0.1, -0.05) is 23.7 Å². The fraction of sp³-hybridized carbons (Fsp3) is 0.571. The van der Waals surface area contributed by atoms with E-state index >= 15 is 0 Å². The molecule has 2 nitrogen and oxygen atoms in total. The third kappa shape index (κ3) is 2.04. The van der Waals surface area contributed by atoms with Crippen molar-refractivity contribution in [3.63, 3.8) is 0 Å². The van der Waals surface area contributed by atoms with Crippen LogP contribution in [0, 0.1) is 17.7 Å². The van der Waals surface area contributed by atoms with Gasteiger partial charge in [-0.15, -0.1) is 0 Å². The van der Waals surface area contributed by atoms with Crippen LogP contribution in [0.3, 0.4) is 0 Å². The van der Waals surface area contributed by atoms with Gasteiger partial charge in [-0.25, -0.2) is 4.39 Å². The van der Waals surface area contributed by atoms with Crippen molar-refractivity contribution in [2.24, 2.45) is 11.8 Å². The summed E-state index contributed by atoms with van der Waals surface area (Å²) in [6, 6.07) is 5.62. The van der Waals surface area contributed by atoms with Crippen molar-refractivity contribution in [2.45, 2.75) is 19.5 Å². The first-order chi connectivity index (χ1) is 8.66. The predicted molar refractivity (Wildman–Crippen MR) is 71.1 cm³/mol. The lowest BCUT2D eigenvalue weighted by atomic mass is 9.95. The van der Waals surface area contributed by atoms with Crippen molar-refractivity contribution in [3.05, 3.63) is 34.6 Å². The van der Waals surface area contributed by atoms with Gasteiger partial charge < -0.3 is 5.32 Å². The van der Waals surface area contributed by atoms with E-state index in [9.17, 15) is 4.39 Å². The molecular weight excluding hydrogens is 251 g/mol. The molecule has 0 amide bonds. The van der Waals surface area contributed by atoms with Gasteiger partial charge in [-0.05, 0) is 43.5 Å². The van der Waals surface area contributed by atoms with Crippen molar-refractivity contribution in [3.8, 4) is 0 Å². The number of nitrogens with one attached hydrogen (secondary N) is 1. The Hall–Kier alpha value is -0.640. The molecule has 3 atom stereocenters. The van der Waals surface area contributed by atoms with Crippen molar-refractivity contribution >= 4 is 11.6 Å². The Morgan fingerprint density at radius 3 is 3.06 bits per heavy atom. The second-order valence-electron chi connectivity index (χ2n) is 5.47. The molecule has 0 radical (unpaired) electrons. The molecule has 0 spiro atoms. The molecule has 2 aliphatic heterocycles. The molecular formula is C14H18ClFN2. The number of benzene rings is 1. The molecule has 1 aromatic carbocycles. The molecule has 2 saturated heterocycles. The Bertz CT molecular complexity index is 451. The summed E-state index contributed by atoms with van der Waals surface area (Å²) in [4.78, 5) is 2.43. The Labute approximate surface area is 112 Å². The van der Waals surface area contributed by atoms with Gasteiger partial charge in [0.15, 0.2) is 0 Å². The summed E-state index contributed by atoms with van der Waals surface area (Å²) in [6.07, 6.45) is 0. The molecule has 0 aromatic heterocycles. The molecule has 18 heavy (non-hydrogen) atoms. The van der Waals surface area contributed by atoms with Crippen LogP contribution < -0.4 is 5.32 Å². The van der Waals surface area contributed by atoms with Crippen molar-refractivity contribution in [1.82, 2.24) is 10.2 Å². The highest BCUT2D eigenvalue weighted by Crippen LogP contribution is 2.34. The molecule has 1 N–H and O–H groups in total. The van der Waals surface area contributed by atoms with E-state index in [0.29, 0.717) is 6.04 Å². The first-order valence-corrected chi connectivity index (χ1v) is 6.92. The minimum absolute atomic E-state index is 0.278. The van der Waals surface area contributed by atoms with E-state index in [1.54, 1.807) is 6.07 Å². The number of rotatable bonds is 2. The van der Waals surface area contributed by atoms with Crippen LogP contribution in [0.1, 0.15) is 12.5 Å². The molecule has 1 aromatic rings. The highest BCUT2D eigenvalue weighted by atomic mass is 35.5. The average Bonchev–Trinajstić information content (AvgIpc) is 2.90. The zero-order valence-electron chi connectivity index (χ0n) is 10.5. The average molecular weight is 269 g/mol. The summed E-state index contributed by atoms with van der Waals surface area (Å²) in [5, 5.41) is 3.72. The lowest BCUT2D eigenvalue weighted by Crippen LogP contribution is -2.32. The second-order valence-corrected chi connectivity index (χ2v) is 5.84. The van der Waals surface area contributed by atoms with Crippen LogP contribution in [-0.2, 0) is 6.54 Å². The number of likely N-dealkylation sites (tertiary alicyclic amines) is 1. The predicted octanol–water partition coefficient (Wildman–Crippen LogP) is 2.52. The SMILES string of the molecule is CC1C2CNCC2CN1Cc1cccc(F)c1Cl. The van der Waals surface area contributed by atoms with Crippen molar-refractivity contribution in [1.29, 1.82) is 0 Å². The van der Waals surface area contributed by atoms with Gasteiger partial charge >= 0.3 is 0 Å². The fourth-order valence-corrected chi connectivity index (χ4v) is 3.54. The van der Waals surface area contributed by atoms with E-state index in [1.165, 1.54) is 6.07 Å². The molecule has 3 unspecified atom stereocenters. The summed E-state index contributed by atoms with van der Waals surface area (Å²) in [6.45, 7) is 6.34. The van der Waals surface area contributed by atoms with E-state index in [-0.39, 0.29) is 10.8 Å². The molecule has 0 saturated carbocycles. The summed E-state index contributed by atoms with van der Waals surface area (Å²) in [7, 11) is 0. The van der Waals surface area contributed by atoms with Crippen LogP contribution in [0.2, 0.25) is 5.02 Å². The first kappa shape index (κ1) is 12.4. The lowest BCUT2D eigenvalue weighted by Gasteiger charge is -2.24. The van der Waals surface area contributed by atoms with Crippen LogP contribution in [0.15, 0.2) is 18.2 Å². The summed E-state index contributed by atoms with van der Waals surface area (Å²) < 4.78 is 13.4. The second kappa shape index (κ2) is 4.80. The normalized spacial score (nSPS) is 31.8. The zero-order chi connectivity index (χ0) is 12.7. The van der Waals surface area contributed by atoms with Gasteiger partial charge in [-0.2, -0.15) is 0 Å². The minimum Gasteiger partial charge on any atom is -0.316 e. The molecule has 2 heterocycles. The highest BCUT2D eigenvalue weighted by molar-refractivity contribution is 6.31. The molecule has 3 rings (SSSR count). The summed E-state index contributed by atoms with van der Waals surface area (Å²) in [5.74, 6) is 1.16. The fourth-order valence-electron chi connectivity index (χ4n) is 3.35.